The van der Waals surface area contributed by atoms with Gasteiger partial charge in [-0.3, -0.25) is 0 Å². The zero-order chi connectivity index (χ0) is 15.5. The Bertz CT molecular complexity index is 471. The molecular formula is C18H27Cl2N. The number of hydrogen-bond acceptors (Lipinski definition) is 1. The normalized spacial score (nSPS) is 18.7. The second-order valence-electron chi connectivity index (χ2n) is 7.59. The first-order chi connectivity index (χ1) is 9.80. The zero-order valence-corrected chi connectivity index (χ0v) is 14.9. The van der Waals surface area contributed by atoms with Crippen LogP contribution in [0.1, 0.15) is 58.4 Å². The molecule has 0 atom stereocenters. The van der Waals surface area contributed by atoms with Crippen molar-refractivity contribution in [2.24, 2.45) is 5.41 Å². The smallest absolute Gasteiger partial charge is 0.0595 e. The van der Waals surface area contributed by atoms with Crippen LogP contribution in [-0.2, 0) is 6.42 Å². The van der Waals surface area contributed by atoms with Crippen molar-refractivity contribution >= 4 is 23.2 Å². The van der Waals surface area contributed by atoms with Gasteiger partial charge in [0.15, 0.2) is 0 Å². The van der Waals surface area contributed by atoms with E-state index in [1.54, 1.807) is 0 Å². The van der Waals surface area contributed by atoms with Crippen molar-refractivity contribution in [2.45, 2.75) is 64.8 Å². The Balaban J connectivity index is 2.13. The first-order valence-corrected chi connectivity index (χ1v) is 8.74. The molecular weight excluding hydrogens is 301 g/mol. The largest absolute Gasteiger partial charge is 0.312 e. The molecule has 0 unspecified atom stereocenters. The minimum atomic E-state index is 0.169. The summed E-state index contributed by atoms with van der Waals surface area (Å²) < 4.78 is 0. The third-order valence-corrected chi connectivity index (χ3v) is 5.21. The number of halogens is 2. The van der Waals surface area contributed by atoms with Gasteiger partial charge >= 0.3 is 0 Å². The van der Waals surface area contributed by atoms with Crippen LogP contribution in [0.25, 0.3) is 0 Å². The average Bonchev–Trinajstić information content (AvgIpc) is 2.41. The summed E-state index contributed by atoms with van der Waals surface area (Å²) in [6.45, 7) is 7.80. The van der Waals surface area contributed by atoms with Gasteiger partial charge in [0.25, 0.3) is 0 Å². The molecule has 0 saturated heterocycles. The predicted molar refractivity (Wildman–Crippen MR) is 93.4 cm³/mol. The molecule has 2 rings (SSSR count). The van der Waals surface area contributed by atoms with Gasteiger partial charge in [0.2, 0.25) is 0 Å². The molecule has 0 aliphatic heterocycles. The van der Waals surface area contributed by atoms with Gasteiger partial charge in [0.1, 0.15) is 0 Å². The second kappa shape index (κ2) is 6.89. The van der Waals surface area contributed by atoms with Crippen molar-refractivity contribution in [3.8, 4) is 0 Å². The molecule has 1 fully saturated rings. The van der Waals surface area contributed by atoms with Crippen LogP contribution in [0.3, 0.4) is 0 Å². The molecule has 0 aromatic heterocycles. The van der Waals surface area contributed by atoms with E-state index in [9.17, 15) is 0 Å². The van der Waals surface area contributed by atoms with Crippen molar-refractivity contribution in [3.63, 3.8) is 0 Å². The standard InChI is InChI=1S/C18H27Cl2N/c1-17(2,3)21-13-18(9-5-4-6-10-18)12-14-7-8-15(19)16(20)11-14/h7-8,11,21H,4-6,9-10,12-13H2,1-3H3. The van der Waals surface area contributed by atoms with E-state index in [4.69, 9.17) is 23.2 Å². The lowest BCUT2D eigenvalue weighted by molar-refractivity contribution is 0.165. The van der Waals surface area contributed by atoms with Crippen LogP contribution in [0, 0.1) is 5.41 Å². The van der Waals surface area contributed by atoms with Crippen molar-refractivity contribution in [1.82, 2.24) is 5.32 Å². The summed E-state index contributed by atoms with van der Waals surface area (Å²) in [7, 11) is 0. The number of hydrogen-bond donors (Lipinski definition) is 1. The summed E-state index contributed by atoms with van der Waals surface area (Å²) >= 11 is 12.2. The SMILES string of the molecule is CC(C)(C)NCC1(Cc2ccc(Cl)c(Cl)c2)CCCCC1. The van der Waals surface area contributed by atoms with Crippen LogP contribution in [0.4, 0.5) is 0 Å². The maximum atomic E-state index is 6.18. The molecule has 1 N–H and O–H groups in total. The second-order valence-corrected chi connectivity index (χ2v) is 8.40. The van der Waals surface area contributed by atoms with E-state index in [1.165, 1.54) is 37.7 Å². The Hall–Kier alpha value is -0.240. The van der Waals surface area contributed by atoms with E-state index >= 15 is 0 Å². The van der Waals surface area contributed by atoms with Gasteiger partial charge in [0, 0.05) is 12.1 Å². The highest BCUT2D eigenvalue weighted by Gasteiger charge is 2.33. The maximum absolute atomic E-state index is 6.18. The van der Waals surface area contributed by atoms with Gasteiger partial charge < -0.3 is 5.32 Å². The van der Waals surface area contributed by atoms with Gasteiger partial charge in [-0.15, -0.1) is 0 Å². The topological polar surface area (TPSA) is 12.0 Å². The van der Waals surface area contributed by atoms with Crippen LogP contribution >= 0.6 is 23.2 Å². The Morgan fingerprint density at radius 3 is 2.29 bits per heavy atom. The van der Waals surface area contributed by atoms with Crippen LogP contribution < -0.4 is 5.32 Å². The highest BCUT2D eigenvalue weighted by molar-refractivity contribution is 6.42. The minimum Gasteiger partial charge on any atom is -0.312 e. The van der Waals surface area contributed by atoms with E-state index in [2.05, 4.69) is 32.2 Å². The highest BCUT2D eigenvalue weighted by atomic mass is 35.5. The van der Waals surface area contributed by atoms with E-state index in [0.717, 1.165) is 13.0 Å². The molecule has 0 amide bonds. The Kier molecular flexibility index (Phi) is 5.62. The molecule has 118 valence electrons. The first-order valence-electron chi connectivity index (χ1n) is 7.99. The van der Waals surface area contributed by atoms with Crippen molar-refractivity contribution in [2.75, 3.05) is 6.54 Å². The van der Waals surface area contributed by atoms with Gasteiger partial charge in [-0.05, 0) is 63.1 Å². The molecule has 0 heterocycles. The lowest BCUT2D eigenvalue weighted by atomic mass is 9.70. The fourth-order valence-electron chi connectivity index (χ4n) is 3.25. The lowest BCUT2D eigenvalue weighted by Gasteiger charge is -2.40. The molecule has 1 saturated carbocycles. The molecule has 3 heteroatoms. The van der Waals surface area contributed by atoms with Gasteiger partial charge in [0.05, 0.1) is 10.0 Å². The fraction of sp³-hybridized carbons (Fsp3) is 0.667. The highest BCUT2D eigenvalue weighted by Crippen LogP contribution is 2.40. The summed E-state index contributed by atoms with van der Waals surface area (Å²) in [6, 6.07) is 6.09. The van der Waals surface area contributed by atoms with Crippen LogP contribution in [-0.4, -0.2) is 12.1 Å². The van der Waals surface area contributed by atoms with Crippen LogP contribution in [0.5, 0.6) is 0 Å². The van der Waals surface area contributed by atoms with Gasteiger partial charge in [-0.2, -0.15) is 0 Å². The lowest BCUT2D eigenvalue weighted by Crippen LogP contribution is -2.45. The van der Waals surface area contributed by atoms with Crippen molar-refractivity contribution < 1.29 is 0 Å². The van der Waals surface area contributed by atoms with Gasteiger partial charge in [-0.1, -0.05) is 48.5 Å². The van der Waals surface area contributed by atoms with E-state index in [1.807, 2.05) is 12.1 Å². The van der Waals surface area contributed by atoms with Crippen molar-refractivity contribution in [1.29, 1.82) is 0 Å². The summed E-state index contributed by atoms with van der Waals surface area (Å²) in [6.07, 6.45) is 7.75. The summed E-state index contributed by atoms with van der Waals surface area (Å²) in [5.74, 6) is 0. The van der Waals surface area contributed by atoms with Crippen LogP contribution in [0.2, 0.25) is 10.0 Å². The summed E-state index contributed by atoms with van der Waals surface area (Å²) in [5.41, 5.74) is 1.84. The molecule has 1 aromatic rings. The molecule has 1 aromatic carbocycles. The molecule has 1 nitrogen and oxygen atoms in total. The molecule has 1 aliphatic rings. The minimum absolute atomic E-state index is 0.169. The third-order valence-electron chi connectivity index (χ3n) is 4.47. The number of benzene rings is 1. The molecule has 0 radical (unpaired) electrons. The summed E-state index contributed by atoms with van der Waals surface area (Å²) in [4.78, 5) is 0. The number of nitrogens with one attached hydrogen (secondary N) is 1. The molecule has 1 aliphatic carbocycles. The summed E-state index contributed by atoms with van der Waals surface area (Å²) in [5, 5.41) is 5.03. The van der Waals surface area contributed by atoms with E-state index in [0.29, 0.717) is 15.5 Å². The first kappa shape index (κ1) is 17.1. The zero-order valence-electron chi connectivity index (χ0n) is 13.4. The monoisotopic (exact) mass is 327 g/mol. The third kappa shape index (κ3) is 5.16. The molecule has 0 spiro atoms. The fourth-order valence-corrected chi connectivity index (χ4v) is 3.57. The van der Waals surface area contributed by atoms with E-state index < -0.39 is 0 Å². The average molecular weight is 328 g/mol. The molecule has 21 heavy (non-hydrogen) atoms. The maximum Gasteiger partial charge on any atom is 0.0595 e. The Morgan fingerprint density at radius 2 is 1.71 bits per heavy atom. The van der Waals surface area contributed by atoms with Crippen molar-refractivity contribution in [3.05, 3.63) is 33.8 Å². The Labute approximate surface area is 139 Å². The quantitative estimate of drug-likeness (QED) is 0.728. The molecule has 0 bridgehead atoms. The Morgan fingerprint density at radius 1 is 1.05 bits per heavy atom. The predicted octanol–water partition coefficient (Wildman–Crippen LogP) is 5.87. The van der Waals surface area contributed by atoms with E-state index in [-0.39, 0.29) is 5.54 Å². The van der Waals surface area contributed by atoms with Crippen LogP contribution in [0.15, 0.2) is 18.2 Å². The number of rotatable bonds is 4. The van der Waals surface area contributed by atoms with Gasteiger partial charge in [-0.25, -0.2) is 0 Å².